The number of hydrogen-bond acceptors (Lipinski definition) is 5. The van der Waals surface area contributed by atoms with Crippen LogP contribution in [0.25, 0.3) is 22.4 Å². The summed E-state index contributed by atoms with van der Waals surface area (Å²) in [6.07, 6.45) is 0. The van der Waals surface area contributed by atoms with Crippen LogP contribution in [0, 0.1) is 0 Å². The van der Waals surface area contributed by atoms with E-state index in [1.807, 2.05) is 0 Å². The number of aromatic amines is 1. The van der Waals surface area contributed by atoms with Crippen molar-refractivity contribution in [3.8, 4) is 17.1 Å². The van der Waals surface area contributed by atoms with Crippen LogP contribution in [0.3, 0.4) is 0 Å². The number of nitrogens with one attached hydrogen (secondary N) is 1. The van der Waals surface area contributed by atoms with Crippen molar-refractivity contribution in [1.29, 1.82) is 0 Å². The lowest BCUT2D eigenvalue weighted by atomic mass is 10.2. The fraction of sp³-hybridized carbons (Fsp3) is 0.0667. The lowest BCUT2D eigenvalue weighted by Crippen LogP contribution is -2.12. The van der Waals surface area contributed by atoms with Crippen LogP contribution in [0.4, 0.5) is 0 Å². The zero-order valence-corrected chi connectivity index (χ0v) is 13.4. The van der Waals surface area contributed by atoms with Crippen LogP contribution in [0.2, 0.25) is 0 Å². The van der Waals surface area contributed by atoms with Crippen LogP contribution in [0.1, 0.15) is 10.4 Å². The van der Waals surface area contributed by atoms with E-state index in [4.69, 9.17) is 15.6 Å². The lowest BCUT2D eigenvalue weighted by molar-refractivity contribution is 0.100. The van der Waals surface area contributed by atoms with Gasteiger partial charge in [0.1, 0.15) is 11.6 Å². The Morgan fingerprint density at radius 1 is 1.21 bits per heavy atom. The zero-order chi connectivity index (χ0) is 17.5. The second kappa shape index (κ2) is 5.62. The number of nitrogens with two attached hydrogens (primary N) is 2. The lowest BCUT2D eigenvalue weighted by Gasteiger charge is -2.08. The van der Waals surface area contributed by atoms with Crippen LogP contribution in [-0.4, -0.2) is 31.4 Å². The molecule has 1 amide bonds. The molecule has 3 rings (SSSR count). The molecule has 5 N–H and O–H groups in total. The Labute approximate surface area is 137 Å². The fourth-order valence-electron chi connectivity index (χ4n) is 2.33. The highest BCUT2D eigenvalue weighted by atomic mass is 32.2. The maximum Gasteiger partial charge on any atom is 0.248 e. The number of nitrogens with zero attached hydrogens (tertiary/aromatic N) is 1. The molecule has 0 aliphatic rings. The van der Waals surface area contributed by atoms with Gasteiger partial charge in [0.25, 0.3) is 0 Å². The third-order valence-corrected chi connectivity index (χ3v) is 4.43. The molecule has 124 valence electrons. The number of carbonyl (C=O) groups excluding carboxylic acids is 1. The summed E-state index contributed by atoms with van der Waals surface area (Å²) in [6.45, 7) is 0. The highest BCUT2D eigenvalue weighted by Gasteiger charge is 2.16. The summed E-state index contributed by atoms with van der Waals surface area (Å²) < 4.78 is 28.1. The van der Waals surface area contributed by atoms with Gasteiger partial charge in [-0.05, 0) is 30.3 Å². The predicted octanol–water partition coefficient (Wildman–Crippen LogP) is 0.985. The minimum atomic E-state index is -3.84. The van der Waals surface area contributed by atoms with Crippen LogP contribution in [0.15, 0.2) is 41.3 Å². The van der Waals surface area contributed by atoms with Crippen molar-refractivity contribution in [1.82, 2.24) is 9.97 Å². The fourth-order valence-corrected chi connectivity index (χ4v) is 2.86. The van der Waals surface area contributed by atoms with Crippen molar-refractivity contribution in [2.45, 2.75) is 4.90 Å². The van der Waals surface area contributed by atoms with Crippen LogP contribution >= 0.6 is 0 Å². The monoisotopic (exact) mass is 346 g/mol. The molecule has 0 aliphatic carbocycles. The number of amides is 1. The van der Waals surface area contributed by atoms with Crippen molar-refractivity contribution in [3.63, 3.8) is 0 Å². The number of primary sulfonamides is 1. The van der Waals surface area contributed by atoms with Gasteiger partial charge in [-0.3, -0.25) is 4.79 Å². The Hall–Kier alpha value is -2.91. The van der Waals surface area contributed by atoms with E-state index in [2.05, 4.69) is 9.97 Å². The van der Waals surface area contributed by atoms with Crippen molar-refractivity contribution in [2.75, 3.05) is 7.11 Å². The number of imidazole rings is 1. The molecule has 24 heavy (non-hydrogen) atoms. The summed E-state index contributed by atoms with van der Waals surface area (Å²) in [5.74, 6) is 0.225. The number of aromatic nitrogens is 2. The van der Waals surface area contributed by atoms with Crippen molar-refractivity contribution in [2.24, 2.45) is 10.9 Å². The van der Waals surface area contributed by atoms with E-state index in [1.165, 1.54) is 19.2 Å². The predicted molar refractivity (Wildman–Crippen MR) is 88.0 cm³/mol. The third kappa shape index (κ3) is 2.82. The van der Waals surface area contributed by atoms with E-state index >= 15 is 0 Å². The summed E-state index contributed by atoms with van der Waals surface area (Å²) in [5.41, 5.74) is 7.43. The molecule has 0 unspecified atom stereocenters. The molecule has 0 saturated carbocycles. The van der Waals surface area contributed by atoms with E-state index in [1.54, 1.807) is 24.3 Å². The molecule has 1 aromatic heterocycles. The smallest absolute Gasteiger partial charge is 0.248 e. The summed E-state index contributed by atoms with van der Waals surface area (Å²) >= 11 is 0. The molecular formula is C15H14N4O4S. The normalized spacial score (nSPS) is 11.6. The number of hydrogen-bond donors (Lipinski definition) is 3. The van der Waals surface area contributed by atoms with Gasteiger partial charge in [-0.1, -0.05) is 0 Å². The summed E-state index contributed by atoms with van der Waals surface area (Å²) in [5, 5.41) is 5.12. The Bertz CT molecular complexity index is 1060. The molecule has 1 heterocycles. The minimum absolute atomic E-state index is 0.0600. The first-order chi connectivity index (χ1) is 11.3. The highest BCUT2D eigenvalue weighted by molar-refractivity contribution is 7.89. The number of benzene rings is 2. The van der Waals surface area contributed by atoms with E-state index in [0.29, 0.717) is 33.7 Å². The van der Waals surface area contributed by atoms with Crippen molar-refractivity contribution < 1.29 is 17.9 Å². The maximum atomic E-state index is 11.4. The van der Waals surface area contributed by atoms with E-state index in [0.717, 1.165) is 0 Å². The summed E-state index contributed by atoms with van der Waals surface area (Å²) in [6, 6.07) is 9.09. The first kappa shape index (κ1) is 16.0. The van der Waals surface area contributed by atoms with E-state index < -0.39 is 15.9 Å². The molecule has 0 spiro atoms. The van der Waals surface area contributed by atoms with Crippen molar-refractivity contribution in [3.05, 3.63) is 42.0 Å². The minimum Gasteiger partial charge on any atom is -0.496 e. The van der Waals surface area contributed by atoms with E-state index in [9.17, 15) is 13.2 Å². The molecule has 0 aliphatic heterocycles. The Kier molecular flexibility index (Phi) is 3.74. The van der Waals surface area contributed by atoms with Gasteiger partial charge < -0.3 is 15.5 Å². The average molecular weight is 346 g/mol. The Morgan fingerprint density at radius 2 is 1.96 bits per heavy atom. The number of methoxy groups -OCH3 is 1. The van der Waals surface area contributed by atoms with Crippen LogP contribution in [-0.2, 0) is 10.0 Å². The highest BCUT2D eigenvalue weighted by Crippen LogP contribution is 2.31. The Morgan fingerprint density at radius 3 is 2.58 bits per heavy atom. The van der Waals surface area contributed by atoms with Gasteiger partial charge in [0, 0.05) is 11.6 Å². The third-order valence-electron chi connectivity index (χ3n) is 3.52. The van der Waals surface area contributed by atoms with Crippen LogP contribution in [0.5, 0.6) is 5.75 Å². The van der Waals surface area contributed by atoms with E-state index in [-0.39, 0.29) is 4.90 Å². The second-order valence-corrected chi connectivity index (χ2v) is 6.65. The number of fused-ring (bicyclic) bond motifs is 1. The molecular weight excluding hydrogens is 332 g/mol. The first-order valence-electron chi connectivity index (χ1n) is 6.80. The number of rotatable bonds is 4. The quantitative estimate of drug-likeness (QED) is 0.646. The van der Waals surface area contributed by atoms with Gasteiger partial charge in [0.15, 0.2) is 0 Å². The number of ether oxygens (including phenoxy) is 1. The molecule has 2 aromatic carbocycles. The maximum absolute atomic E-state index is 11.4. The van der Waals surface area contributed by atoms with Crippen LogP contribution < -0.4 is 15.6 Å². The second-order valence-electron chi connectivity index (χ2n) is 5.09. The zero-order valence-electron chi connectivity index (χ0n) is 12.6. The average Bonchev–Trinajstić information content (AvgIpc) is 2.96. The number of H-pyrrole nitrogens is 1. The van der Waals surface area contributed by atoms with Gasteiger partial charge in [-0.15, -0.1) is 0 Å². The van der Waals surface area contributed by atoms with Gasteiger partial charge in [0.05, 0.1) is 28.6 Å². The number of sulfonamides is 1. The number of carbonyl (C=O) groups is 1. The van der Waals surface area contributed by atoms with Crippen molar-refractivity contribution >= 4 is 27.0 Å². The van der Waals surface area contributed by atoms with Gasteiger partial charge in [-0.25, -0.2) is 18.5 Å². The topological polar surface area (TPSA) is 141 Å². The SMILES string of the molecule is COc1cc(S(N)(=O)=O)ccc1-c1nc2ccc(C(N)=O)cc2[nH]1. The van der Waals surface area contributed by atoms with Gasteiger partial charge >= 0.3 is 0 Å². The molecule has 0 radical (unpaired) electrons. The Balaban J connectivity index is 2.14. The van der Waals surface area contributed by atoms with Gasteiger partial charge in [-0.2, -0.15) is 0 Å². The largest absolute Gasteiger partial charge is 0.496 e. The summed E-state index contributed by atoms with van der Waals surface area (Å²) in [4.78, 5) is 18.7. The molecule has 9 heteroatoms. The molecule has 8 nitrogen and oxygen atoms in total. The molecule has 0 atom stereocenters. The molecule has 0 saturated heterocycles. The molecule has 0 fully saturated rings. The molecule has 0 bridgehead atoms. The standard InChI is InChI=1S/C15H14N4O4S/c1-23-13-7-9(24(17,21)22)3-4-10(13)15-18-11-5-2-8(14(16)20)6-12(11)19-15/h2-7H,1H3,(H2,16,20)(H,18,19)(H2,17,21,22). The van der Waals surface area contributed by atoms with Gasteiger partial charge in [0.2, 0.25) is 15.9 Å². The number of primary amides is 1. The summed E-state index contributed by atoms with van der Waals surface area (Å²) in [7, 11) is -2.42. The molecule has 3 aromatic rings. The first-order valence-corrected chi connectivity index (χ1v) is 8.35.